The maximum Gasteiger partial charge on any atom is 0.314 e. The molecule has 114 valence electrons. The van der Waals surface area contributed by atoms with Crippen molar-refractivity contribution >= 4 is 29.1 Å². The van der Waals surface area contributed by atoms with Crippen molar-refractivity contribution in [2.24, 2.45) is 0 Å². The second kappa shape index (κ2) is 7.69. The van der Waals surface area contributed by atoms with E-state index in [4.69, 9.17) is 16.3 Å². The molecule has 0 aliphatic carbocycles. The van der Waals surface area contributed by atoms with Gasteiger partial charge in [0.05, 0.1) is 12.8 Å². The first-order valence-corrected chi connectivity index (χ1v) is 6.85. The molecular weight excluding hydrogens is 292 g/mol. The van der Waals surface area contributed by atoms with Crippen LogP contribution in [0.25, 0.3) is 0 Å². The molecular formula is C15H19ClN2O3. The summed E-state index contributed by atoms with van der Waals surface area (Å²) in [6.45, 7) is 8.11. The molecule has 0 atom stereocenters. The minimum Gasteiger partial charge on any atom is -0.495 e. The fraction of sp³-hybridized carbons (Fsp3) is 0.333. The zero-order valence-electron chi connectivity index (χ0n) is 12.4. The Morgan fingerprint density at radius 2 is 2.10 bits per heavy atom. The normalized spacial score (nSPS) is 9.90. The Hall–Kier alpha value is -2.01. The summed E-state index contributed by atoms with van der Waals surface area (Å²) in [5.41, 5.74) is 1.16. The third-order valence-corrected chi connectivity index (χ3v) is 2.97. The smallest absolute Gasteiger partial charge is 0.314 e. The maximum atomic E-state index is 12.1. The number of rotatable bonds is 5. The van der Waals surface area contributed by atoms with Crippen LogP contribution >= 0.6 is 11.6 Å². The van der Waals surface area contributed by atoms with Crippen LogP contribution in [0.3, 0.4) is 0 Å². The second-order valence-electron chi connectivity index (χ2n) is 4.58. The van der Waals surface area contributed by atoms with Crippen LogP contribution in [0, 0.1) is 0 Å². The Morgan fingerprint density at radius 1 is 1.43 bits per heavy atom. The van der Waals surface area contributed by atoms with Gasteiger partial charge in [0.25, 0.3) is 0 Å². The highest BCUT2D eigenvalue weighted by atomic mass is 35.5. The highest BCUT2D eigenvalue weighted by molar-refractivity contribution is 6.40. The summed E-state index contributed by atoms with van der Waals surface area (Å²) in [4.78, 5) is 25.6. The lowest BCUT2D eigenvalue weighted by atomic mass is 10.2. The van der Waals surface area contributed by atoms with E-state index in [-0.39, 0.29) is 0 Å². The van der Waals surface area contributed by atoms with E-state index in [1.807, 2.05) is 0 Å². The van der Waals surface area contributed by atoms with Crippen LogP contribution in [0.2, 0.25) is 5.02 Å². The van der Waals surface area contributed by atoms with Crippen molar-refractivity contribution in [3.05, 3.63) is 35.4 Å². The van der Waals surface area contributed by atoms with Crippen LogP contribution < -0.4 is 10.1 Å². The van der Waals surface area contributed by atoms with E-state index in [9.17, 15) is 9.59 Å². The van der Waals surface area contributed by atoms with Gasteiger partial charge in [-0.25, -0.2) is 0 Å². The van der Waals surface area contributed by atoms with Crippen molar-refractivity contribution in [1.82, 2.24) is 4.90 Å². The lowest BCUT2D eigenvalue weighted by Gasteiger charge is -2.20. The third kappa shape index (κ3) is 4.79. The van der Waals surface area contributed by atoms with Crippen molar-refractivity contribution in [3.8, 4) is 5.75 Å². The number of nitrogens with one attached hydrogen (secondary N) is 1. The Bertz CT molecular complexity index is 558. The number of amides is 2. The SMILES string of the molecule is C=C(C)CN(CC)C(=O)C(=O)Nc1cc(Cl)ccc1OC. The molecule has 5 nitrogen and oxygen atoms in total. The van der Waals surface area contributed by atoms with Gasteiger partial charge in [-0.05, 0) is 32.0 Å². The quantitative estimate of drug-likeness (QED) is 0.672. The molecule has 1 N–H and O–H groups in total. The largest absolute Gasteiger partial charge is 0.495 e. The Morgan fingerprint density at radius 3 is 2.62 bits per heavy atom. The van der Waals surface area contributed by atoms with E-state index in [0.29, 0.717) is 29.5 Å². The predicted molar refractivity (Wildman–Crippen MR) is 83.7 cm³/mol. The number of benzene rings is 1. The number of anilines is 1. The zero-order chi connectivity index (χ0) is 16.0. The van der Waals surface area contributed by atoms with Gasteiger partial charge >= 0.3 is 11.8 Å². The van der Waals surface area contributed by atoms with Crippen LogP contribution in [0.5, 0.6) is 5.75 Å². The van der Waals surface area contributed by atoms with Crippen LogP contribution in [0.15, 0.2) is 30.4 Å². The van der Waals surface area contributed by atoms with Gasteiger partial charge in [0.15, 0.2) is 0 Å². The molecule has 1 aromatic rings. The van der Waals surface area contributed by atoms with E-state index in [1.165, 1.54) is 18.1 Å². The fourth-order valence-electron chi connectivity index (χ4n) is 1.75. The molecule has 0 radical (unpaired) electrons. The first-order valence-electron chi connectivity index (χ1n) is 6.47. The monoisotopic (exact) mass is 310 g/mol. The molecule has 0 aliphatic rings. The summed E-state index contributed by atoms with van der Waals surface area (Å²) >= 11 is 5.88. The topological polar surface area (TPSA) is 58.6 Å². The lowest BCUT2D eigenvalue weighted by molar-refractivity contribution is -0.142. The van der Waals surface area contributed by atoms with Crippen LogP contribution in [0.4, 0.5) is 5.69 Å². The highest BCUT2D eigenvalue weighted by Crippen LogP contribution is 2.27. The van der Waals surface area contributed by atoms with Gasteiger partial charge in [0.1, 0.15) is 5.75 Å². The summed E-state index contributed by atoms with van der Waals surface area (Å²) in [6, 6.07) is 4.78. The van der Waals surface area contributed by atoms with Gasteiger partial charge < -0.3 is 15.0 Å². The molecule has 0 saturated heterocycles. The highest BCUT2D eigenvalue weighted by Gasteiger charge is 2.21. The van der Waals surface area contributed by atoms with Crippen molar-refractivity contribution in [2.45, 2.75) is 13.8 Å². The van der Waals surface area contributed by atoms with Crippen molar-refractivity contribution < 1.29 is 14.3 Å². The number of carbonyl (C=O) groups excluding carboxylic acids is 2. The van der Waals surface area contributed by atoms with Crippen LogP contribution in [0.1, 0.15) is 13.8 Å². The van der Waals surface area contributed by atoms with Crippen LogP contribution in [-0.2, 0) is 9.59 Å². The number of likely N-dealkylation sites (N-methyl/N-ethyl adjacent to an activating group) is 1. The molecule has 0 heterocycles. The fourth-order valence-corrected chi connectivity index (χ4v) is 1.92. The number of nitrogens with zero attached hydrogens (tertiary/aromatic N) is 1. The minimum absolute atomic E-state index is 0.343. The van der Waals surface area contributed by atoms with Crippen molar-refractivity contribution in [2.75, 3.05) is 25.5 Å². The molecule has 21 heavy (non-hydrogen) atoms. The molecule has 0 bridgehead atoms. The molecule has 1 rings (SSSR count). The van der Waals surface area contributed by atoms with Crippen molar-refractivity contribution in [3.63, 3.8) is 0 Å². The van der Waals surface area contributed by atoms with Crippen LogP contribution in [-0.4, -0.2) is 36.9 Å². The van der Waals surface area contributed by atoms with Gasteiger partial charge in [-0.2, -0.15) is 0 Å². The molecule has 2 amide bonds. The summed E-state index contributed by atoms with van der Waals surface area (Å²) in [5.74, 6) is -0.926. The molecule has 0 saturated carbocycles. The Kier molecular flexibility index (Phi) is 6.24. The Labute approximate surface area is 129 Å². The number of carbonyl (C=O) groups is 2. The van der Waals surface area contributed by atoms with Crippen molar-refractivity contribution in [1.29, 1.82) is 0 Å². The number of ether oxygens (including phenoxy) is 1. The van der Waals surface area contributed by atoms with Gasteiger partial charge in [-0.15, -0.1) is 0 Å². The molecule has 0 aliphatic heterocycles. The number of hydrogen-bond donors (Lipinski definition) is 1. The number of methoxy groups -OCH3 is 1. The van der Waals surface area contributed by atoms with E-state index < -0.39 is 11.8 Å². The average molecular weight is 311 g/mol. The van der Waals surface area contributed by atoms with Gasteiger partial charge in [-0.1, -0.05) is 23.8 Å². The second-order valence-corrected chi connectivity index (χ2v) is 5.01. The molecule has 1 aromatic carbocycles. The third-order valence-electron chi connectivity index (χ3n) is 2.73. The summed E-state index contributed by atoms with van der Waals surface area (Å²) in [5, 5.41) is 2.96. The lowest BCUT2D eigenvalue weighted by Crippen LogP contribution is -2.40. The van der Waals surface area contributed by atoms with E-state index in [0.717, 1.165) is 5.57 Å². The van der Waals surface area contributed by atoms with Gasteiger partial charge in [0.2, 0.25) is 0 Å². The maximum absolute atomic E-state index is 12.1. The summed E-state index contributed by atoms with van der Waals surface area (Å²) in [6.07, 6.45) is 0. The summed E-state index contributed by atoms with van der Waals surface area (Å²) < 4.78 is 5.12. The zero-order valence-corrected chi connectivity index (χ0v) is 13.2. The summed E-state index contributed by atoms with van der Waals surface area (Å²) in [7, 11) is 1.47. The molecule has 0 unspecified atom stereocenters. The molecule has 0 aromatic heterocycles. The van der Waals surface area contributed by atoms with Gasteiger partial charge in [-0.3, -0.25) is 9.59 Å². The standard InChI is InChI=1S/C15H19ClN2O3/c1-5-18(9-10(2)3)15(20)14(19)17-12-8-11(16)6-7-13(12)21-4/h6-8H,2,5,9H2,1,3-4H3,(H,17,19). The average Bonchev–Trinajstić information content (AvgIpc) is 2.44. The first-order chi connectivity index (χ1) is 9.88. The van der Waals surface area contributed by atoms with Gasteiger partial charge in [0, 0.05) is 18.1 Å². The number of hydrogen-bond acceptors (Lipinski definition) is 3. The Balaban J connectivity index is 2.87. The van der Waals surface area contributed by atoms with E-state index >= 15 is 0 Å². The number of halogens is 1. The molecule has 0 spiro atoms. The molecule has 6 heteroatoms. The van der Waals surface area contributed by atoms with E-state index in [1.54, 1.807) is 26.0 Å². The first kappa shape index (κ1) is 17.0. The minimum atomic E-state index is -0.737. The predicted octanol–water partition coefficient (Wildman–Crippen LogP) is 2.71. The van der Waals surface area contributed by atoms with E-state index in [2.05, 4.69) is 11.9 Å². The molecule has 0 fully saturated rings.